The zero-order valence-corrected chi connectivity index (χ0v) is 13.2. The predicted molar refractivity (Wildman–Crippen MR) is 84.8 cm³/mol. The van der Waals surface area contributed by atoms with Crippen LogP contribution in [0, 0.1) is 0 Å². The molecule has 0 spiro atoms. The molecule has 1 heterocycles. The van der Waals surface area contributed by atoms with Gasteiger partial charge in [-0.3, -0.25) is 4.79 Å². The first kappa shape index (κ1) is 16.0. The second kappa shape index (κ2) is 7.06. The van der Waals surface area contributed by atoms with Crippen molar-refractivity contribution in [2.75, 3.05) is 26.3 Å². The predicted octanol–water partition coefficient (Wildman–Crippen LogP) is 1.60. The van der Waals surface area contributed by atoms with Crippen molar-refractivity contribution < 1.29 is 14.3 Å². The van der Waals surface area contributed by atoms with Crippen LogP contribution in [0.5, 0.6) is 5.75 Å². The van der Waals surface area contributed by atoms with Gasteiger partial charge in [-0.1, -0.05) is 23.8 Å². The van der Waals surface area contributed by atoms with Crippen LogP contribution in [0.4, 0.5) is 0 Å². The van der Waals surface area contributed by atoms with Crippen LogP contribution in [0.1, 0.15) is 12.5 Å². The second-order valence-corrected chi connectivity index (χ2v) is 5.58. The Kier molecular flexibility index (Phi) is 5.39. The normalized spacial score (nSPS) is 16.4. The molecule has 0 aromatic heterocycles. The second-order valence-electron chi connectivity index (χ2n) is 4.70. The van der Waals surface area contributed by atoms with Gasteiger partial charge in [0, 0.05) is 18.1 Å². The third kappa shape index (κ3) is 4.06. The molecule has 1 aromatic carbocycles. The maximum atomic E-state index is 12.3. The van der Waals surface area contributed by atoms with Crippen molar-refractivity contribution in [2.45, 2.75) is 13.0 Å². The fourth-order valence-electron chi connectivity index (χ4n) is 2.08. The van der Waals surface area contributed by atoms with Crippen LogP contribution in [-0.4, -0.2) is 48.2 Å². The molecule has 1 amide bonds. The van der Waals surface area contributed by atoms with E-state index in [4.69, 9.17) is 39.0 Å². The van der Waals surface area contributed by atoms with E-state index in [0.717, 1.165) is 0 Å². The first-order valence-corrected chi connectivity index (χ1v) is 7.40. The summed E-state index contributed by atoms with van der Waals surface area (Å²) in [5, 5.41) is 0.496. The zero-order valence-electron chi connectivity index (χ0n) is 11.7. The van der Waals surface area contributed by atoms with Crippen molar-refractivity contribution in [1.29, 1.82) is 0 Å². The van der Waals surface area contributed by atoms with Crippen LogP contribution in [0.15, 0.2) is 18.2 Å². The number of amides is 1. The lowest BCUT2D eigenvalue weighted by atomic mass is 10.2. The summed E-state index contributed by atoms with van der Waals surface area (Å²) in [7, 11) is 0. The molecular weight excluding hydrogens is 312 g/mol. The van der Waals surface area contributed by atoms with Gasteiger partial charge in [-0.25, -0.2) is 0 Å². The summed E-state index contributed by atoms with van der Waals surface area (Å²) in [6.07, 6.45) is -0.644. The van der Waals surface area contributed by atoms with Crippen molar-refractivity contribution in [3.05, 3.63) is 28.8 Å². The molecule has 1 fully saturated rings. The number of hydrogen-bond acceptors (Lipinski definition) is 4. The lowest BCUT2D eigenvalue weighted by Gasteiger charge is -2.29. The quantitative estimate of drug-likeness (QED) is 0.851. The summed E-state index contributed by atoms with van der Waals surface area (Å²) in [5.74, 6) is 0.330. The smallest absolute Gasteiger partial charge is 0.263 e. The maximum absolute atomic E-state index is 12.3. The first-order valence-electron chi connectivity index (χ1n) is 6.61. The fraction of sp³-hybridized carbons (Fsp3) is 0.429. The third-order valence-electron chi connectivity index (χ3n) is 3.18. The van der Waals surface area contributed by atoms with Gasteiger partial charge in [0.2, 0.25) is 0 Å². The summed E-state index contributed by atoms with van der Waals surface area (Å²) in [6, 6.07) is 4.97. The van der Waals surface area contributed by atoms with Gasteiger partial charge in [0.05, 0.1) is 18.8 Å². The van der Waals surface area contributed by atoms with E-state index in [-0.39, 0.29) is 10.9 Å². The van der Waals surface area contributed by atoms with E-state index >= 15 is 0 Å². The zero-order chi connectivity index (χ0) is 15.4. The summed E-state index contributed by atoms with van der Waals surface area (Å²) < 4.78 is 10.9. The summed E-state index contributed by atoms with van der Waals surface area (Å²) in [4.78, 5) is 14.2. The van der Waals surface area contributed by atoms with Crippen LogP contribution in [0.2, 0.25) is 5.02 Å². The minimum atomic E-state index is -0.644. The number of carbonyl (C=O) groups is 1. The van der Waals surface area contributed by atoms with E-state index < -0.39 is 6.10 Å². The van der Waals surface area contributed by atoms with Crippen molar-refractivity contribution in [2.24, 2.45) is 5.73 Å². The largest absolute Gasteiger partial charge is 0.480 e. The summed E-state index contributed by atoms with van der Waals surface area (Å²) in [6.45, 7) is 3.94. The molecule has 5 nitrogen and oxygen atoms in total. The molecule has 1 aliphatic rings. The SMILES string of the molecule is CC(Oc1cc(Cl)ccc1C(N)=S)C(=O)N1CCOCC1. The Morgan fingerprint density at radius 1 is 1.48 bits per heavy atom. The summed E-state index contributed by atoms with van der Waals surface area (Å²) >= 11 is 10.9. The van der Waals surface area contributed by atoms with Crippen LogP contribution < -0.4 is 10.5 Å². The number of carbonyl (C=O) groups excluding carboxylic acids is 1. The van der Waals surface area contributed by atoms with E-state index in [1.54, 1.807) is 30.0 Å². The highest BCUT2D eigenvalue weighted by molar-refractivity contribution is 7.80. The Bertz CT molecular complexity index is 547. The molecule has 114 valence electrons. The van der Waals surface area contributed by atoms with E-state index in [0.29, 0.717) is 42.6 Å². The van der Waals surface area contributed by atoms with Gasteiger partial charge in [0.1, 0.15) is 10.7 Å². The van der Waals surface area contributed by atoms with Gasteiger partial charge >= 0.3 is 0 Å². The molecule has 1 unspecified atom stereocenters. The molecule has 1 aromatic rings. The van der Waals surface area contributed by atoms with Crippen molar-refractivity contribution in [1.82, 2.24) is 4.90 Å². The highest BCUT2D eigenvalue weighted by Gasteiger charge is 2.24. The standard InChI is InChI=1S/C14H17ClN2O3S/c1-9(14(18)17-4-6-19-7-5-17)20-12-8-10(15)2-3-11(12)13(16)21/h2-3,8-9H,4-7H2,1H3,(H2,16,21). The molecule has 1 saturated heterocycles. The van der Waals surface area contributed by atoms with Gasteiger partial charge in [0.25, 0.3) is 5.91 Å². The molecule has 2 rings (SSSR count). The number of rotatable bonds is 4. The Balaban J connectivity index is 2.11. The minimum Gasteiger partial charge on any atom is -0.480 e. The van der Waals surface area contributed by atoms with E-state index in [9.17, 15) is 4.79 Å². The van der Waals surface area contributed by atoms with Crippen LogP contribution in [-0.2, 0) is 9.53 Å². The van der Waals surface area contributed by atoms with E-state index in [1.165, 1.54) is 0 Å². The molecule has 0 radical (unpaired) electrons. The van der Waals surface area contributed by atoms with Crippen LogP contribution >= 0.6 is 23.8 Å². The Morgan fingerprint density at radius 3 is 2.76 bits per heavy atom. The Morgan fingerprint density at radius 2 is 2.14 bits per heavy atom. The number of hydrogen-bond donors (Lipinski definition) is 1. The lowest BCUT2D eigenvalue weighted by molar-refractivity contribution is -0.142. The molecule has 21 heavy (non-hydrogen) atoms. The monoisotopic (exact) mass is 328 g/mol. The minimum absolute atomic E-state index is 0.0906. The fourth-order valence-corrected chi connectivity index (χ4v) is 2.41. The molecule has 0 saturated carbocycles. The number of benzene rings is 1. The number of thiocarbonyl (C=S) groups is 1. The number of ether oxygens (including phenoxy) is 2. The molecule has 1 atom stereocenters. The Labute approximate surface area is 133 Å². The van der Waals surface area contributed by atoms with Crippen LogP contribution in [0.3, 0.4) is 0 Å². The molecule has 2 N–H and O–H groups in total. The topological polar surface area (TPSA) is 64.8 Å². The van der Waals surface area contributed by atoms with E-state index in [1.807, 2.05) is 0 Å². The molecule has 0 bridgehead atoms. The van der Waals surface area contributed by atoms with Gasteiger partial charge in [-0.15, -0.1) is 0 Å². The maximum Gasteiger partial charge on any atom is 0.263 e. The van der Waals surface area contributed by atoms with Crippen molar-refractivity contribution >= 4 is 34.7 Å². The Hall–Kier alpha value is -1.37. The van der Waals surface area contributed by atoms with Crippen molar-refractivity contribution in [3.8, 4) is 5.75 Å². The van der Waals surface area contributed by atoms with Gasteiger partial charge in [-0.2, -0.15) is 0 Å². The van der Waals surface area contributed by atoms with Gasteiger partial charge < -0.3 is 20.1 Å². The van der Waals surface area contributed by atoms with E-state index in [2.05, 4.69) is 0 Å². The van der Waals surface area contributed by atoms with Gasteiger partial charge in [-0.05, 0) is 25.1 Å². The number of nitrogens with zero attached hydrogens (tertiary/aromatic N) is 1. The molecule has 7 heteroatoms. The molecular formula is C14H17ClN2O3S. The average Bonchev–Trinajstić information content (AvgIpc) is 2.47. The molecule has 0 aliphatic carbocycles. The van der Waals surface area contributed by atoms with Crippen LogP contribution in [0.25, 0.3) is 0 Å². The first-order chi connectivity index (χ1) is 9.99. The third-order valence-corrected chi connectivity index (χ3v) is 3.64. The summed E-state index contributed by atoms with van der Waals surface area (Å²) in [5.41, 5.74) is 6.22. The highest BCUT2D eigenvalue weighted by atomic mass is 35.5. The highest BCUT2D eigenvalue weighted by Crippen LogP contribution is 2.25. The number of morpholine rings is 1. The lowest BCUT2D eigenvalue weighted by Crippen LogP contribution is -2.46. The number of nitrogens with two attached hydrogens (primary N) is 1. The average molecular weight is 329 g/mol. The molecule has 1 aliphatic heterocycles. The van der Waals surface area contributed by atoms with Gasteiger partial charge in [0.15, 0.2) is 6.10 Å². The number of halogens is 1. The van der Waals surface area contributed by atoms with Crippen molar-refractivity contribution in [3.63, 3.8) is 0 Å².